The number of hydrogen-bond donors (Lipinski definition) is 2. The quantitative estimate of drug-likeness (QED) is 0.759. The first-order valence-corrected chi connectivity index (χ1v) is 8.82. The number of aliphatic hydroxyl groups excluding tert-OH is 1. The van der Waals surface area contributed by atoms with E-state index in [1.165, 1.54) is 18.7 Å². The average molecular weight is 351 g/mol. The van der Waals surface area contributed by atoms with Gasteiger partial charge in [-0.1, -0.05) is 12.5 Å². The van der Waals surface area contributed by atoms with Gasteiger partial charge in [-0.25, -0.2) is 19.3 Å². The molecule has 0 bridgehead atoms. The molecule has 0 spiro atoms. The smallest absolute Gasteiger partial charge is 0.173 e. The van der Waals surface area contributed by atoms with Crippen molar-refractivity contribution in [3.8, 4) is 0 Å². The summed E-state index contributed by atoms with van der Waals surface area (Å²) in [6.07, 6.45) is 10.7. The van der Waals surface area contributed by atoms with E-state index in [9.17, 15) is 9.50 Å². The van der Waals surface area contributed by atoms with Crippen molar-refractivity contribution in [1.29, 1.82) is 0 Å². The summed E-state index contributed by atoms with van der Waals surface area (Å²) < 4.78 is 16.1. The fourth-order valence-corrected chi connectivity index (χ4v) is 3.58. The molecule has 26 heavy (non-hydrogen) atoms. The third kappa shape index (κ3) is 2.31. The zero-order valence-electron chi connectivity index (χ0n) is 14.1. The van der Waals surface area contributed by atoms with Crippen molar-refractivity contribution in [3.63, 3.8) is 0 Å². The Balaban J connectivity index is 1.61. The average Bonchev–Trinajstić information content (AvgIpc) is 3.03. The van der Waals surface area contributed by atoms with E-state index in [2.05, 4.69) is 15.3 Å². The standard InChI is InChI=1S/C19H18FN5O/c20-16-6-12(9-25-13(10-26)7-23-19(16)25)14-4-5-21-18-15(14)8-22-17(24-18)11-2-1-3-11/h4,6-9,11,26H,1-3,5,10H2,(H,21,22,24). The minimum absolute atomic E-state index is 0.199. The number of nitrogens with zero attached hydrogens (tertiary/aromatic N) is 4. The van der Waals surface area contributed by atoms with E-state index in [1.807, 2.05) is 12.3 Å². The molecule has 5 rings (SSSR count). The molecule has 3 aromatic rings. The van der Waals surface area contributed by atoms with Crippen molar-refractivity contribution in [2.45, 2.75) is 31.8 Å². The van der Waals surface area contributed by atoms with Gasteiger partial charge in [-0.05, 0) is 24.5 Å². The van der Waals surface area contributed by atoms with Crippen LogP contribution in [0.1, 0.15) is 47.8 Å². The van der Waals surface area contributed by atoms with Gasteiger partial charge in [0.15, 0.2) is 11.5 Å². The van der Waals surface area contributed by atoms with Crippen molar-refractivity contribution >= 4 is 17.0 Å². The van der Waals surface area contributed by atoms with Crippen LogP contribution in [0.3, 0.4) is 0 Å². The summed E-state index contributed by atoms with van der Waals surface area (Å²) in [7, 11) is 0. The first-order valence-electron chi connectivity index (χ1n) is 8.82. The number of imidazole rings is 1. The minimum atomic E-state index is -0.421. The molecule has 4 heterocycles. The SMILES string of the molecule is OCc1cnc2c(F)cc(C3=CCNc4nc(C5CCC5)ncc43)cn12. The number of halogens is 1. The molecule has 1 aliphatic heterocycles. The Morgan fingerprint density at radius 1 is 1.27 bits per heavy atom. The molecule has 132 valence electrons. The summed E-state index contributed by atoms with van der Waals surface area (Å²) >= 11 is 0. The molecule has 0 amide bonds. The van der Waals surface area contributed by atoms with Gasteiger partial charge in [0.1, 0.15) is 11.6 Å². The van der Waals surface area contributed by atoms with Crippen LogP contribution in [-0.2, 0) is 6.61 Å². The molecule has 7 heteroatoms. The van der Waals surface area contributed by atoms with Gasteiger partial charge in [-0.15, -0.1) is 0 Å². The molecule has 1 aliphatic carbocycles. The molecule has 1 fully saturated rings. The molecule has 0 aromatic carbocycles. The first-order chi connectivity index (χ1) is 12.7. The van der Waals surface area contributed by atoms with Crippen molar-refractivity contribution in [2.24, 2.45) is 0 Å². The monoisotopic (exact) mass is 351 g/mol. The lowest BCUT2D eigenvalue weighted by atomic mass is 9.84. The summed E-state index contributed by atoms with van der Waals surface area (Å²) in [4.78, 5) is 13.3. The summed E-state index contributed by atoms with van der Waals surface area (Å²) in [5, 5.41) is 12.8. The highest BCUT2D eigenvalue weighted by Crippen LogP contribution is 2.37. The first kappa shape index (κ1) is 15.5. The molecular weight excluding hydrogens is 333 g/mol. The van der Waals surface area contributed by atoms with Crippen molar-refractivity contribution in [3.05, 3.63) is 59.2 Å². The second-order valence-corrected chi connectivity index (χ2v) is 6.79. The lowest BCUT2D eigenvalue weighted by Crippen LogP contribution is -2.17. The van der Waals surface area contributed by atoms with Crippen LogP contribution in [0.2, 0.25) is 0 Å². The summed E-state index contributed by atoms with van der Waals surface area (Å²) in [6.45, 7) is 0.426. The Morgan fingerprint density at radius 2 is 2.15 bits per heavy atom. The van der Waals surface area contributed by atoms with E-state index in [-0.39, 0.29) is 12.3 Å². The molecule has 2 aliphatic rings. The van der Waals surface area contributed by atoms with Crippen LogP contribution < -0.4 is 5.32 Å². The molecular formula is C19H18FN5O. The highest BCUT2D eigenvalue weighted by molar-refractivity contribution is 5.86. The van der Waals surface area contributed by atoms with Gasteiger partial charge in [0.2, 0.25) is 0 Å². The Morgan fingerprint density at radius 3 is 2.92 bits per heavy atom. The predicted molar refractivity (Wildman–Crippen MR) is 95.3 cm³/mol. The Kier molecular flexibility index (Phi) is 3.49. The number of pyridine rings is 1. The van der Waals surface area contributed by atoms with Crippen LogP contribution in [0.5, 0.6) is 0 Å². The molecule has 0 radical (unpaired) electrons. The molecule has 1 saturated carbocycles. The van der Waals surface area contributed by atoms with Crippen LogP contribution in [0.4, 0.5) is 10.2 Å². The maximum absolute atomic E-state index is 14.5. The van der Waals surface area contributed by atoms with Crippen molar-refractivity contribution < 1.29 is 9.50 Å². The fourth-order valence-electron chi connectivity index (χ4n) is 3.58. The molecule has 3 aromatic heterocycles. The van der Waals surface area contributed by atoms with Crippen LogP contribution in [0.15, 0.2) is 30.7 Å². The topological polar surface area (TPSA) is 75.3 Å². The molecule has 0 atom stereocenters. The molecule has 2 N–H and O–H groups in total. The normalized spacial score (nSPS) is 16.8. The second-order valence-electron chi connectivity index (χ2n) is 6.79. The van der Waals surface area contributed by atoms with Gasteiger partial charge in [0.05, 0.1) is 18.5 Å². The summed E-state index contributed by atoms with van der Waals surface area (Å²) in [5.41, 5.74) is 3.22. The van der Waals surface area contributed by atoms with Gasteiger partial charge < -0.3 is 10.4 Å². The Labute approximate surface area is 149 Å². The number of fused-ring (bicyclic) bond motifs is 2. The Bertz CT molecular complexity index is 1040. The van der Waals surface area contributed by atoms with Crippen LogP contribution in [0.25, 0.3) is 11.2 Å². The van der Waals surface area contributed by atoms with Gasteiger partial charge in [0, 0.05) is 36.0 Å². The van der Waals surface area contributed by atoms with E-state index in [0.717, 1.165) is 35.6 Å². The van der Waals surface area contributed by atoms with Gasteiger partial charge >= 0.3 is 0 Å². The maximum Gasteiger partial charge on any atom is 0.173 e. The number of anilines is 1. The van der Waals surface area contributed by atoms with Crippen LogP contribution in [0, 0.1) is 5.82 Å². The highest BCUT2D eigenvalue weighted by Gasteiger charge is 2.25. The second kappa shape index (κ2) is 5.88. The van der Waals surface area contributed by atoms with E-state index in [0.29, 0.717) is 23.7 Å². The molecule has 6 nitrogen and oxygen atoms in total. The Hall–Kier alpha value is -2.80. The highest BCUT2D eigenvalue weighted by atomic mass is 19.1. The number of hydrogen-bond acceptors (Lipinski definition) is 5. The molecule has 0 saturated heterocycles. The van der Waals surface area contributed by atoms with E-state index in [1.54, 1.807) is 10.6 Å². The zero-order chi connectivity index (χ0) is 17.7. The van der Waals surface area contributed by atoms with E-state index < -0.39 is 5.82 Å². The van der Waals surface area contributed by atoms with Gasteiger partial charge in [0.25, 0.3) is 0 Å². The van der Waals surface area contributed by atoms with Crippen molar-refractivity contribution in [1.82, 2.24) is 19.4 Å². The van der Waals surface area contributed by atoms with Crippen LogP contribution in [-0.4, -0.2) is 31.0 Å². The molecule has 0 unspecified atom stereocenters. The lowest BCUT2D eigenvalue weighted by molar-refractivity contribution is 0.275. The van der Waals surface area contributed by atoms with E-state index >= 15 is 0 Å². The third-order valence-electron chi connectivity index (χ3n) is 5.25. The number of aliphatic hydroxyl groups is 1. The van der Waals surface area contributed by atoms with Crippen molar-refractivity contribution in [2.75, 3.05) is 11.9 Å². The fraction of sp³-hybridized carbons (Fsp3) is 0.316. The zero-order valence-corrected chi connectivity index (χ0v) is 14.1. The van der Waals surface area contributed by atoms with Crippen LogP contribution >= 0.6 is 0 Å². The lowest BCUT2D eigenvalue weighted by Gasteiger charge is -2.26. The predicted octanol–water partition coefficient (Wildman–Crippen LogP) is 2.88. The van der Waals surface area contributed by atoms with Gasteiger partial charge in [-0.3, -0.25) is 4.40 Å². The minimum Gasteiger partial charge on any atom is -0.390 e. The maximum atomic E-state index is 14.5. The number of nitrogens with one attached hydrogen (secondary N) is 1. The number of rotatable bonds is 3. The summed E-state index contributed by atoms with van der Waals surface area (Å²) in [6, 6.07) is 1.48. The third-order valence-corrected chi connectivity index (χ3v) is 5.25. The largest absolute Gasteiger partial charge is 0.390 e. The van der Waals surface area contributed by atoms with E-state index in [4.69, 9.17) is 4.98 Å². The number of aromatic nitrogens is 4. The van der Waals surface area contributed by atoms with Gasteiger partial charge in [-0.2, -0.15) is 0 Å². The summed E-state index contributed by atoms with van der Waals surface area (Å²) in [5.74, 6) is 1.73.